The van der Waals surface area contributed by atoms with E-state index in [1.807, 2.05) is 16.9 Å². The van der Waals surface area contributed by atoms with E-state index in [1.54, 1.807) is 19.1 Å². The number of rotatable bonds is 3. The van der Waals surface area contributed by atoms with Crippen LogP contribution in [0.3, 0.4) is 0 Å². The molecule has 0 saturated carbocycles. The summed E-state index contributed by atoms with van der Waals surface area (Å²) in [6.45, 7) is 2.22. The van der Waals surface area contributed by atoms with E-state index in [1.165, 1.54) is 11.3 Å². The van der Waals surface area contributed by atoms with Crippen LogP contribution in [-0.4, -0.2) is 29.6 Å². The normalized spacial score (nSPS) is 10.6. The topological polar surface area (TPSA) is 37.3 Å². The highest BCUT2D eigenvalue weighted by molar-refractivity contribution is 7.73. The number of nitrogens with one attached hydrogen (secondary N) is 1. The minimum absolute atomic E-state index is 0.0624. The van der Waals surface area contributed by atoms with Crippen LogP contribution in [0.25, 0.3) is 0 Å². The summed E-state index contributed by atoms with van der Waals surface area (Å²) >= 11 is 6.57. The lowest BCUT2D eigenvalue weighted by Gasteiger charge is -2.12. The Morgan fingerprint density at radius 2 is 2.36 bits per heavy atom. The predicted molar refractivity (Wildman–Crippen MR) is 59.7 cm³/mol. The lowest BCUT2D eigenvalue weighted by Crippen LogP contribution is -2.38. The first-order valence-electron chi connectivity index (χ1n) is 4.12. The number of thiazole rings is 1. The van der Waals surface area contributed by atoms with Gasteiger partial charge in [0, 0.05) is 25.2 Å². The number of hydrogen-bond donors (Lipinski definition) is 1. The van der Waals surface area contributed by atoms with Gasteiger partial charge in [-0.15, -0.1) is 11.3 Å². The number of amides is 1. The Hall–Kier alpha value is -0.720. The summed E-state index contributed by atoms with van der Waals surface area (Å²) in [4.78, 5) is 11.4. The van der Waals surface area contributed by atoms with Crippen molar-refractivity contribution >= 4 is 29.5 Å². The molecule has 1 heterocycles. The maximum absolute atomic E-state index is 11.4. The van der Waals surface area contributed by atoms with Crippen molar-refractivity contribution in [3.05, 3.63) is 15.0 Å². The lowest BCUT2D eigenvalue weighted by atomic mass is 10.5. The third-order valence-electron chi connectivity index (χ3n) is 1.63. The summed E-state index contributed by atoms with van der Waals surface area (Å²) in [7, 11) is 3.55. The monoisotopic (exact) mass is 231 g/mol. The van der Waals surface area contributed by atoms with Gasteiger partial charge in [0.05, 0.1) is 0 Å². The SMILES string of the molecule is Cc1csc(=S)n1CC(=O)NN(C)C. The van der Waals surface area contributed by atoms with Crippen LogP contribution >= 0.6 is 23.6 Å². The second-order valence-electron chi connectivity index (χ2n) is 3.16. The molecule has 1 rings (SSSR count). The molecule has 1 N–H and O–H groups in total. The fourth-order valence-corrected chi connectivity index (χ4v) is 2.11. The molecule has 0 radical (unpaired) electrons. The maximum Gasteiger partial charge on any atom is 0.254 e. The standard InChI is InChI=1S/C8H13N3OS2/c1-6-5-14-8(13)11(6)4-7(12)9-10(2)3/h5H,4H2,1-3H3,(H,9,12). The van der Waals surface area contributed by atoms with E-state index in [2.05, 4.69) is 5.43 Å². The molecule has 6 heteroatoms. The predicted octanol–water partition coefficient (Wildman–Crippen LogP) is 1.18. The van der Waals surface area contributed by atoms with E-state index in [0.29, 0.717) is 0 Å². The highest BCUT2D eigenvalue weighted by atomic mass is 32.1. The number of aryl methyl sites for hydroxylation is 1. The van der Waals surface area contributed by atoms with Crippen LogP contribution in [-0.2, 0) is 11.3 Å². The minimum Gasteiger partial charge on any atom is -0.318 e. The van der Waals surface area contributed by atoms with Gasteiger partial charge in [-0.05, 0) is 19.1 Å². The summed E-state index contributed by atoms with van der Waals surface area (Å²) in [6.07, 6.45) is 0. The van der Waals surface area contributed by atoms with Gasteiger partial charge in [-0.1, -0.05) is 0 Å². The average molecular weight is 231 g/mol. The molecule has 4 nitrogen and oxygen atoms in total. The van der Waals surface area contributed by atoms with Crippen LogP contribution in [0, 0.1) is 10.9 Å². The molecule has 0 aliphatic carbocycles. The molecule has 1 aromatic heterocycles. The summed E-state index contributed by atoms with van der Waals surface area (Å²) < 4.78 is 2.55. The zero-order valence-electron chi connectivity index (χ0n) is 8.40. The highest BCUT2D eigenvalue weighted by Gasteiger charge is 2.06. The largest absolute Gasteiger partial charge is 0.318 e. The molecular weight excluding hydrogens is 218 g/mol. The van der Waals surface area contributed by atoms with Gasteiger partial charge in [0.1, 0.15) is 6.54 Å². The quantitative estimate of drug-likeness (QED) is 0.627. The van der Waals surface area contributed by atoms with E-state index >= 15 is 0 Å². The van der Waals surface area contributed by atoms with E-state index in [9.17, 15) is 4.79 Å². The second kappa shape index (κ2) is 4.68. The van der Waals surface area contributed by atoms with Gasteiger partial charge in [0.25, 0.3) is 5.91 Å². The molecule has 0 aliphatic rings. The van der Waals surface area contributed by atoms with Gasteiger partial charge in [-0.3, -0.25) is 10.2 Å². The third-order valence-corrected chi connectivity index (χ3v) is 3.02. The molecule has 78 valence electrons. The Bertz CT molecular complexity index is 380. The van der Waals surface area contributed by atoms with Gasteiger partial charge in [-0.25, -0.2) is 5.01 Å². The van der Waals surface area contributed by atoms with Crippen LogP contribution in [0.15, 0.2) is 5.38 Å². The fourth-order valence-electron chi connectivity index (χ4n) is 1.02. The van der Waals surface area contributed by atoms with Crippen molar-refractivity contribution in [2.45, 2.75) is 13.5 Å². The fraction of sp³-hybridized carbons (Fsp3) is 0.500. The van der Waals surface area contributed by atoms with Gasteiger partial charge < -0.3 is 4.57 Å². The molecule has 0 aliphatic heterocycles. The van der Waals surface area contributed by atoms with Gasteiger partial charge in [0.15, 0.2) is 3.95 Å². The van der Waals surface area contributed by atoms with Gasteiger partial charge in [-0.2, -0.15) is 0 Å². The molecule has 1 amide bonds. The molecule has 14 heavy (non-hydrogen) atoms. The summed E-state index contributed by atoms with van der Waals surface area (Å²) in [5.41, 5.74) is 3.69. The minimum atomic E-state index is -0.0624. The van der Waals surface area contributed by atoms with E-state index in [4.69, 9.17) is 12.2 Å². The van der Waals surface area contributed by atoms with Crippen molar-refractivity contribution in [2.24, 2.45) is 0 Å². The Balaban J connectivity index is 2.69. The number of carbonyl (C=O) groups excluding carboxylic acids is 1. The lowest BCUT2D eigenvalue weighted by molar-refractivity contribution is -0.125. The number of nitrogens with zero attached hydrogens (tertiary/aromatic N) is 2. The summed E-state index contributed by atoms with van der Waals surface area (Å²) in [5.74, 6) is -0.0624. The smallest absolute Gasteiger partial charge is 0.254 e. The van der Waals surface area contributed by atoms with Gasteiger partial charge in [0.2, 0.25) is 0 Å². The summed E-state index contributed by atoms with van der Waals surface area (Å²) in [6, 6.07) is 0. The van der Waals surface area contributed by atoms with Crippen molar-refractivity contribution in [1.29, 1.82) is 0 Å². The van der Waals surface area contributed by atoms with Crippen molar-refractivity contribution in [3.8, 4) is 0 Å². The van der Waals surface area contributed by atoms with E-state index in [0.717, 1.165) is 9.65 Å². The molecule has 0 fully saturated rings. The number of aromatic nitrogens is 1. The van der Waals surface area contributed by atoms with Crippen LogP contribution in [0.4, 0.5) is 0 Å². The van der Waals surface area contributed by atoms with E-state index in [-0.39, 0.29) is 12.5 Å². The van der Waals surface area contributed by atoms with Crippen LogP contribution in [0.5, 0.6) is 0 Å². The van der Waals surface area contributed by atoms with Crippen molar-refractivity contribution < 1.29 is 4.79 Å². The average Bonchev–Trinajstić information content (AvgIpc) is 2.34. The molecule has 0 saturated heterocycles. The van der Waals surface area contributed by atoms with Crippen LogP contribution < -0.4 is 5.43 Å². The molecular formula is C8H13N3OS2. The Labute approximate surface area is 92.1 Å². The maximum atomic E-state index is 11.4. The van der Waals surface area contributed by atoms with Crippen molar-refractivity contribution in [3.63, 3.8) is 0 Å². The highest BCUT2D eigenvalue weighted by Crippen LogP contribution is 2.09. The number of hydrogen-bond acceptors (Lipinski definition) is 4. The molecule has 0 aromatic carbocycles. The first-order chi connectivity index (χ1) is 6.50. The Morgan fingerprint density at radius 3 is 2.79 bits per heavy atom. The number of hydrazine groups is 1. The second-order valence-corrected chi connectivity index (χ2v) is 4.66. The zero-order chi connectivity index (χ0) is 10.7. The first kappa shape index (κ1) is 11.4. The first-order valence-corrected chi connectivity index (χ1v) is 5.41. The molecule has 0 spiro atoms. The van der Waals surface area contributed by atoms with Crippen molar-refractivity contribution in [2.75, 3.05) is 14.1 Å². The Kier molecular flexibility index (Phi) is 3.79. The molecule has 1 aromatic rings. The van der Waals surface area contributed by atoms with Crippen LogP contribution in [0.2, 0.25) is 0 Å². The van der Waals surface area contributed by atoms with E-state index < -0.39 is 0 Å². The molecule has 0 bridgehead atoms. The van der Waals surface area contributed by atoms with Crippen LogP contribution in [0.1, 0.15) is 5.69 Å². The summed E-state index contributed by atoms with van der Waals surface area (Å²) in [5, 5.41) is 3.57. The molecule has 0 unspecified atom stereocenters. The third kappa shape index (κ3) is 2.90. The molecule has 0 atom stereocenters. The van der Waals surface area contributed by atoms with Crippen molar-refractivity contribution in [1.82, 2.24) is 15.0 Å². The zero-order valence-corrected chi connectivity index (χ0v) is 10.0. The Morgan fingerprint density at radius 1 is 1.71 bits per heavy atom. The van der Waals surface area contributed by atoms with Gasteiger partial charge >= 0.3 is 0 Å². The number of carbonyl (C=O) groups is 1.